The fourth-order valence-corrected chi connectivity index (χ4v) is 8.70. The Kier molecular flexibility index (Phi) is 7.68. The lowest BCUT2D eigenvalue weighted by atomic mass is 9.64. The molecule has 0 unspecified atom stereocenters. The normalized spacial score (nSPS) is 12.9. The van der Waals surface area contributed by atoms with Crippen LogP contribution in [0.2, 0.25) is 0 Å². The molecule has 0 radical (unpaired) electrons. The molecule has 8 aromatic rings. The summed E-state index contributed by atoms with van der Waals surface area (Å²) in [5, 5.41) is 0. The molecule has 0 fully saturated rings. The van der Waals surface area contributed by atoms with Crippen LogP contribution in [-0.2, 0) is 5.41 Å². The third-order valence-corrected chi connectivity index (χ3v) is 10.9. The molecule has 236 valence electrons. The van der Waals surface area contributed by atoms with Crippen LogP contribution in [0.15, 0.2) is 204 Å². The Labute approximate surface area is 297 Å². The average Bonchev–Trinajstić information content (AvgIpc) is 3.21. The number of fused-ring (bicyclic) bond motifs is 2. The van der Waals surface area contributed by atoms with Gasteiger partial charge in [0, 0.05) is 26.5 Å². The minimum Gasteiger partial charge on any atom is -0.228 e. The molecule has 0 saturated carbocycles. The summed E-state index contributed by atoms with van der Waals surface area (Å²) in [6.45, 7) is 0. The van der Waals surface area contributed by atoms with Crippen LogP contribution in [0.25, 0.3) is 45.0 Å². The molecule has 0 spiro atoms. The zero-order chi connectivity index (χ0) is 33.3. The molecule has 7 aromatic carbocycles. The number of rotatable bonds is 6. The summed E-state index contributed by atoms with van der Waals surface area (Å²) in [6, 6.07) is 69.2. The zero-order valence-corrected chi connectivity index (χ0v) is 28.1. The van der Waals surface area contributed by atoms with Gasteiger partial charge in [0.2, 0.25) is 0 Å². The highest BCUT2D eigenvalue weighted by molar-refractivity contribution is 7.99. The molecule has 0 saturated heterocycles. The predicted octanol–water partition coefficient (Wildman–Crippen LogP) is 12.0. The Morgan fingerprint density at radius 1 is 0.380 bits per heavy atom. The van der Waals surface area contributed by atoms with Crippen LogP contribution >= 0.6 is 11.8 Å². The van der Waals surface area contributed by atoms with Crippen molar-refractivity contribution >= 4 is 11.8 Å². The van der Waals surface area contributed by atoms with Crippen molar-refractivity contribution in [2.45, 2.75) is 15.2 Å². The quantitative estimate of drug-likeness (QED) is 0.178. The first-order valence-electron chi connectivity index (χ1n) is 16.9. The molecule has 9 rings (SSSR count). The third kappa shape index (κ3) is 5.15. The van der Waals surface area contributed by atoms with Crippen molar-refractivity contribution in [3.63, 3.8) is 0 Å². The number of hydrogen-bond donors (Lipinski definition) is 0. The molecule has 0 amide bonds. The second kappa shape index (κ2) is 12.8. The Morgan fingerprint density at radius 2 is 0.860 bits per heavy atom. The minimum atomic E-state index is -0.481. The maximum atomic E-state index is 5.14. The fourth-order valence-electron chi connectivity index (χ4n) is 7.37. The van der Waals surface area contributed by atoms with E-state index in [1.807, 2.05) is 23.9 Å². The zero-order valence-electron chi connectivity index (χ0n) is 27.3. The van der Waals surface area contributed by atoms with E-state index in [1.165, 1.54) is 37.6 Å². The standard InChI is InChI=1S/C47H32N2S/c1-5-17-33(18-6-1)42-32-43(34-19-7-2-8-20-34)49-46(48-42)36-22-15-21-35(31-36)39-27-16-29-41-45(39)50-44-30-14-13-28-40(44)47(41,37-23-9-3-10-24-37)38-25-11-4-12-26-38/h1-32H. The maximum absolute atomic E-state index is 5.14. The summed E-state index contributed by atoms with van der Waals surface area (Å²) >= 11 is 1.87. The van der Waals surface area contributed by atoms with Crippen LogP contribution in [-0.4, -0.2) is 9.97 Å². The third-order valence-electron chi connectivity index (χ3n) is 9.63. The molecule has 0 N–H and O–H groups in total. The van der Waals surface area contributed by atoms with Crippen molar-refractivity contribution in [3.05, 3.63) is 216 Å². The van der Waals surface area contributed by atoms with Crippen molar-refractivity contribution in [2.24, 2.45) is 0 Å². The Hall–Kier alpha value is -6.03. The lowest BCUT2D eigenvalue weighted by Crippen LogP contribution is -2.34. The summed E-state index contributed by atoms with van der Waals surface area (Å²) in [5.74, 6) is 0.706. The number of nitrogens with zero attached hydrogens (tertiary/aromatic N) is 2. The molecular formula is C47H32N2S. The highest BCUT2D eigenvalue weighted by Gasteiger charge is 2.44. The molecule has 1 aliphatic heterocycles. The molecule has 1 aliphatic rings. The monoisotopic (exact) mass is 656 g/mol. The van der Waals surface area contributed by atoms with E-state index in [0.29, 0.717) is 5.82 Å². The second-order valence-corrected chi connectivity index (χ2v) is 13.6. The first kappa shape index (κ1) is 30.1. The van der Waals surface area contributed by atoms with Gasteiger partial charge in [0.25, 0.3) is 0 Å². The van der Waals surface area contributed by atoms with E-state index in [4.69, 9.17) is 9.97 Å². The second-order valence-electron chi connectivity index (χ2n) is 12.5. The van der Waals surface area contributed by atoms with E-state index in [2.05, 4.69) is 182 Å². The lowest BCUT2D eigenvalue weighted by molar-refractivity contribution is 0.703. The average molecular weight is 657 g/mol. The van der Waals surface area contributed by atoms with E-state index < -0.39 is 5.41 Å². The highest BCUT2D eigenvalue weighted by atomic mass is 32.2. The summed E-state index contributed by atoms with van der Waals surface area (Å²) in [4.78, 5) is 12.8. The molecule has 0 atom stereocenters. The first-order valence-corrected chi connectivity index (χ1v) is 17.7. The molecule has 50 heavy (non-hydrogen) atoms. The van der Waals surface area contributed by atoms with Gasteiger partial charge in [-0.25, -0.2) is 9.97 Å². The van der Waals surface area contributed by atoms with Gasteiger partial charge in [0.15, 0.2) is 5.82 Å². The minimum absolute atomic E-state index is 0.481. The number of aromatic nitrogens is 2. The topological polar surface area (TPSA) is 25.8 Å². The van der Waals surface area contributed by atoms with Crippen molar-refractivity contribution in [1.29, 1.82) is 0 Å². The number of benzene rings is 7. The SMILES string of the molecule is c1ccc(-c2cc(-c3ccccc3)nc(-c3cccc(-c4cccc5c4Sc4ccccc4C5(c4ccccc4)c4ccccc4)c3)n2)cc1. The van der Waals surface area contributed by atoms with Gasteiger partial charge in [0.1, 0.15) is 0 Å². The first-order chi connectivity index (χ1) is 24.8. The van der Waals surface area contributed by atoms with Crippen molar-refractivity contribution in [1.82, 2.24) is 9.97 Å². The molecule has 3 heteroatoms. The van der Waals surface area contributed by atoms with Crippen LogP contribution in [0.3, 0.4) is 0 Å². The van der Waals surface area contributed by atoms with Crippen LogP contribution in [0.1, 0.15) is 22.3 Å². The van der Waals surface area contributed by atoms with E-state index in [9.17, 15) is 0 Å². The molecule has 2 heterocycles. The Balaban J connectivity index is 1.25. The van der Waals surface area contributed by atoms with Gasteiger partial charge >= 0.3 is 0 Å². The summed E-state index contributed by atoms with van der Waals surface area (Å²) in [6.07, 6.45) is 0. The van der Waals surface area contributed by atoms with E-state index >= 15 is 0 Å². The van der Waals surface area contributed by atoms with Crippen LogP contribution < -0.4 is 0 Å². The van der Waals surface area contributed by atoms with E-state index in [0.717, 1.165) is 33.6 Å². The van der Waals surface area contributed by atoms with E-state index in [-0.39, 0.29) is 0 Å². The summed E-state index contributed by atoms with van der Waals surface area (Å²) in [5.41, 5.74) is 11.9. The summed E-state index contributed by atoms with van der Waals surface area (Å²) in [7, 11) is 0. The molecule has 2 nitrogen and oxygen atoms in total. The maximum Gasteiger partial charge on any atom is 0.160 e. The van der Waals surface area contributed by atoms with Gasteiger partial charge < -0.3 is 0 Å². The molecule has 1 aromatic heterocycles. The number of hydrogen-bond acceptors (Lipinski definition) is 3. The lowest BCUT2D eigenvalue weighted by Gasteiger charge is -2.42. The molecular weight excluding hydrogens is 625 g/mol. The largest absolute Gasteiger partial charge is 0.228 e. The Morgan fingerprint density at radius 3 is 1.48 bits per heavy atom. The van der Waals surface area contributed by atoms with Gasteiger partial charge in [0.05, 0.1) is 16.8 Å². The van der Waals surface area contributed by atoms with Gasteiger partial charge in [-0.05, 0) is 51.6 Å². The van der Waals surface area contributed by atoms with E-state index in [1.54, 1.807) is 0 Å². The van der Waals surface area contributed by atoms with Crippen molar-refractivity contribution in [3.8, 4) is 45.0 Å². The fraction of sp³-hybridized carbons (Fsp3) is 0.0213. The molecule has 0 aliphatic carbocycles. The van der Waals surface area contributed by atoms with Crippen LogP contribution in [0, 0.1) is 0 Å². The van der Waals surface area contributed by atoms with Crippen molar-refractivity contribution < 1.29 is 0 Å². The van der Waals surface area contributed by atoms with Gasteiger partial charge in [-0.2, -0.15) is 0 Å². The predicted molar refractivity (Wildman–Crippen MR) is 206 cm³/mol. The smallest absolute Gasteiger partial charge is 0.160 e. The van der Waals surface area contributed by atoms with Gasteiger partial charge in [-0.15, -0.1) is 0 Å². The van der Waals surface area contributed by atoms with Gasteiger partial charge in [-0.3, -0.25) is 0 Å². The van der Waals surface area contributed by atoms with Crippen LogP contribution in [0.4, 0.5) is 0 Å². The van der Waals surface area contributed by atoms with Crippen molar-refractivity contribution in [2.75, 3.05) is 0 Å². The highest BCUT2D eigenvalue weighted by Crippen LogP contribution is 2.57. The molecule has 0 bridgehead atoms. The Bertz CT molecular complexity index is 2350. The van der Waals surface area contributed by atoms with Gasteiger partial charge in [-0.1, -0.05) is 188 Å². The van der Waals surface area contributed by atoms with Crippen LogP contribution in [0.5, 0.6) is 0 Å². The summed E-state index contributed by atoms with van der Waals surface area (Å²) < 4.78 is 0.